The lowest BCUT2D eigenvalue weighted by Gasteiger charge is -2.16. The van der Waals surface area contributed by atoms with Gasteiger partial charge in [-0.25, -0.2) is 8.42 Å². The summed E-state index contributed by atoms with van der Waals surface area (Å²) in [5.41, 5.74) is -0.891. The molecule has 0 radical (unpaired) electrons. The topological polar surface area (TPSA) is 76.4 Å². The molecule has 0 saturated carbocycles. The molecule has 1 aromatic carbocycles. The molecule has 10 heteroatoms. The maximum absolute atomic E-state index is 12.9. The number of amides is 1. The van der Waals surface area contributed by atoms with Crippen molar-refractivity contribution < 1.29 is 30.8 Å². The molecule has 0 spiro atoms. The van der Waals surface area contributed by atoms with Crippen LogP contribution in [0.5, 0.6) is 0 Å². The van der Waals surface area contributed by atoms with Crippen molar-refractivity contribution >= 4 is 27.1 Å². The third-order valence-electron chi connectivity index (χ3n) is 3.93. The summed E-state index contributed by atoms with van der Waals surface area (Å²) >= 11 is 1.04. The number of rotatable bonds is 6. The van der Waals surface area contributed by atoms with Crippen molar-refractivity contribution in [2.24, 2.45) is 0 Å². The molecule has 3 rings (SSSR count). The number of carbonyl (C=O) groups is 1. The highest BCUT2D eigenvalue weighted by molar-refractivity contribution is 7.93. The number of benzene rings is 1. The lowest BCUT2D eigenvalue weighted by Crippen LogP contribution is -2.31. The van der Waals surface area contributed by atoms with Crippen LogP contribution in [-0.4, -0.2) is 20.9 Å². The first-order chi connectivity index (χ1) is 13.2. The Morgan fingerprint density at radius 2 is 1.82 bits per heavy atom. The molecular weight excluding hydrogens is 415 g/mol. The second kappa shape index (κ2) is 7.80. The predicted molar refractivity (Wildman–Crippen MR) is 96.7 cm³/mol. The predicted octanol–water partition coefficient (Wildman–Crippen LogP) is 4.30. The second-order valence-corrected chi connectivity index (χ2v) is 9.07. The maximum Gasteiger partial charge on any atom is 0.416 e. The van der Waals surface area contributed by atoms with E-state index in [-0.39, 0.29) is 22.1 Å². The van der Waals surface area contributed by atoms with Crippen molar-refractivity contribution in [1.82, 2.24) is 5.32 Å². The van der Waals surface area contributed by atoms with Crippen LogP contribution in [0.25, 0.3) is 0 Å². The highest BCUT2D eigenvalue weighted by atomic mass is 32.2. The van der Waals surface area contributed by atoms with Crippen molar-refractivity contribution in [3.63, 3.8) is 0 Å². The van der Waals surface area contributed by atoms with Gasteiger partial charge in [0.15, 0.2) is 9.84 Å². The molecule has 0 aliphatic rings. The molecule has 5 nitrogen and oxygen atoms in total. The molecule has 0 fully saturated rings. The molecule has 1 unspecified atom stereocenters. The number of carbonyl (C=O) groups excluding carboxylic acids is 1. The van der Waals surface area contributed by atoms with E-state index in [1.54, 1.807) is 11.4 Å². The van der Waals surface area contributed by atoms with Gasteiger partial charge >= 0.3 is 6.18 Å². The van der Waals surface area contributed by atoms with E-state index in [1.165, 1.54) is 24.5 Å². The van der Waals surface area contributed by atoms with Crippen molar-refractivity contribution in [1.29, 1.82) is 0 Å². The second-order valence-electron chi connectivity index (χ2n) is 5.77. The number of hydrogen-bond donors (Lipinski definition) is 1. The lowest BCUT2D eigenvalue weighted by atomic mass is 10.1. The SMILES string of the molecule is O=C(NCC(c1ccco1)S(=O)(=O)c1cccs1)c1ccc(C(F)(F)F)cc1. The van der Waals surface area contributed by atoms with E-state index in [1.807, 2.05) is 0 Å². The van der Waals surface area contributed by atoms with E-state index in [0.717, 1.165) is 35.6 Å². The fraction of sp³-hybridized carbons (Fsp3) is 0.167. The van der Waals surface area contributed by atoms with E-state index >= 15 is 0 Å². The van der Waals surface area contributed by atoms with Gasteiger partial charge in [-0.3, -0.25) is 4.79 Å². The maximum atomic E-state index is 12.9. The third-order valence-corrected chi connectivity index (χ3v) is 7.43. The Bertz CT molecular complexity index is 1030. The van der Waals surface area contributed by atoms with E-state index in [9.17, 15) is 26.4 Å². The Hall–Kier alpha value is -2.59. The highest BCUT2D eigenvalue weighted by Crippen LogP contribution is 2.32. The molecule has 148 valence electrons. The van der Waals surface area contributed by atoms with Crippen molar-refractivity contribution in [3.05, 3.63) is 77.1 Å². The Labute approximate surface area is 162 Å². The van der Waals surface area contributed by atoms with Crippen molar-refractivity contribution in [2.75, 3.05) is 6.54 Å². The summed E-state index contributed by atoms with van der Waals surface area (Å²) in [5.74, 6) is -0.534. The van der Waals surface area contributed by atoms with Crippen LogP contribution in [0.15, 0.2) is 68.8 Å². The van der Waals surface area contributed by atoms with Gasteiger partial charge in [0.25, 0.3) is 5.91 Å². The lowest BCUT2D eigenvalue weighted by molar-refractivity contribution is -0.137. The van der Waals surface area contributed by atoms with Crippen LogP contribution in [0, 0.1) is 0 Å². The molecule has 1 atom stereocenters. The van der Waals surface area contributed by atoms with Crippen LogP contribution in [0.4, 0.5) is 13.2 Å². The molecule has 0 aliphatic carbocycles. The van der Waals surface area contributed by atoms with E-state index in [2.05, 4.69) is 5.32 Å². The van der Waals surface area contributed by atoms with Gasteiger partial charge in [-0.2, -0.15) is 13.2 Å². The Morgan fingerprint density at radius 3 is 2.36 bits per heavy atom. The zero-order chi connectivity index (χ0) is 20.4. The molecule has 2 heterocycles. The monoisotopic (exact) mass is 429 g/mol. The molecule has 28 heavy (non-hydrogen) atoms. The third kappa shape index (κ3) is 4.28. The van der Waals surface area contributed by atoms with Crippen LogP contribution in [0.2, 0.25) is 0 Å². The first kappa shape index (κ1) is 20.2. The van der Waals surface area contributed by atoms with Gasteiger partial charge in [0.1, 0.15) is 15.2 Å². The van der Waals surface area contributed by atoms with Crippen molar-refractivity contribution in [3.8, 4) is 0 Å². The van der Waals surface area contributed by atoms with Gasteiger partial charge in [-0.1, -0.05) is 6.07 Å². The zero-order valence-corrected chi connectivity index (χ0v) is 15.8. The first-order valence-corrected chi connectivity index (χ1v) is 10.4. The van der Waals surface area contributed by atoms with E-state index in [0.29, 0.717) is 0 Å². The fourth-order valence-corrected chi connectivity index (χ4v) is 5.29. The Balaban J connectivity index is 1.78. The average molecular weight is 429 g/mol. The van der Waals surface area contributed by atoms with Gasteiger partial charge < -0.3 is 9.73 Å². The van der Waals surface area contributed by atoms with Crippen molar-refractivity contribution in [2.45, 2.75) is 15.6 Å². The summed E-state index contributed by atoms with van der Waals surface area (Å²) in [6.45, 7) is -0.298. The number of nitrogens with one attached hydrogen (secondary N) is 1. The van der Waals surface area contributed by atoms with Crippen LogP contribution in [0.1, 0.15) is 26.9 Å². The molecule has 0 bridgehead atoms. The molecule has 0 aliphatic heterocycles. The molecule has 3 aromatic rings. The number of sulfone groups is 1. The van der Waals surface area contributed by atoms with E-state index in [4.69, 9.17) is 4.42 Å². The summed E-state index contributed by atoms with van der Waals surface area (Å²) in [6, 6.07) is 9.72. The van der Waals surface area contributed by atoms with Gasteiger partial charge in [-0.15, -0.1) is 11.3 Å². The molecule has 2 aromatic heterocycles. The van der Waals surface area contributed by atoms with Crippen LogP contribution in [-0.2, 0) is 16.0 Å². The highest BCUT2D eigenvalue weighted by Gasteiger charge is 2.33. The van der Waals surface area contributed by atoms with Crippen LogP contribution in [0.3, 0.4) is 0 Å². The van der Waals surface area contributed by atoms with Gasteiger partial charge in [0.05, 0.1) is 11.8 Å². The minimum Gasteiger partial charge on any atom is -0.468 e. The minimum atomic E-state index is -4.51. The fourth-order valence-electron chi connectivity index (χ4n) is 2.50. The molecule has 0 saturated heterocycles. The average Bonchev–Trinajstić information content (AvgIpc) is 3.35. The summed E-state index contributed by atoms with van der Waals surface area (Å²) in [7, 11) is -3.82. The zero-order valence-electron chi connectivity index (χ0n) is 14.1. The number of thiophene rings is 1. The Kier molecular flexibility index (Phi) is 5.61. The summed E-state index contributed by atoms with van der Waals surface area (Å²) in [5, 5.41) is 2.91. The standard InChI is InChI=1S/C18H14F3NO4S2/c19-18(20,21)13-7-5-12(6-8-13)17(23)22-11-15(14-3-1-9-26-14)28(24,25)16-4-2-10-27-16/h1-10,15H,11H2,(H,22,23). The minimum absolute atomic E-state index is 0.0142. The summed E-state index contributed by atoms with van der Waals surface area (Å²) in [4.78, 5) is 12.3. The molecule has 1 amide bonds. The normalized spacial score (nSPS) is 13.2. The number of halogens is 3. The van der Waals surface area contributed by atoms with Gasteiger partial charge in [0.2, 0.25) is 0 Å². The smallest absolute Gasteiger partial charge is 0.416 e. The Morgan fingerprint density at radius 1 is 1.11 bits per heavy atom. The van der Waals surface area contributed by atoms with Gasteiger partial charge in [0, 0.05) is 12.1 Å². The summed E-state index contributed by atoms with van der Waals surface area (Å²) in [6.07, 6.45) is -3.18. The number of hydrogen-bond acceptors (Lipinski definition) is 5. The number of alkyl halides is 3. The van der Waals surface area contributed by atoms with Crippen LogP contribution < -0.4 is 5.32 Å². The van der Waals surface area contributed by atoms with Gasteiger partial charge in [-0.05, 0) is 47.8 Å². The number of furan rings is 1. The van der Waals surface area contributed by atoms with E-state index < -0.39 is 32.7 Å². The quantitative estimate of drug-likeness (QED) is 0.634. The first-order valence-electron chi connectivity index (χ1n) is 7.96. The molecular formula is C18H14F3NO4S2. The molecule has 1 N–H and O–H groups in total. The largest absolute Gasteiger partial charge is 0.468 e. The summed E-state index contributed by atoms with van der Waals surface area (Å²) < 4.78 is 68.9. The van der Waals surface area contributed by atoms with Crippen LogP contribution >= 0.6 is 11.3 Å².